The number of nitrogens with two attached hydrogens (primary N) is 1. The molecule has 2 rings (SSSR count). The highest BCUT2D eigenvalue weighted by Crippen LogP contribution is 2.37. The second kappa shape index (κ2) is 5.18. The van der Waals surface area contributed by atoms with Crippen LogP contribution in [0.3, 0.4) is 0 Å². The van der Waals surface area contributed by atoms with Crippen molar-refractivity contribution in [2.24, 2.45) is 16.6 Å². The largest absolute Gasteiger partial charge is 0.404 e. The van der Waals surface area contributed by atoms with Crippen LogP contribution < -0.4 is 5.73 Å². The lowest BCUT2D eigenvalue weighted by molar-refractivity contribution is -0.384. The average Bonchev–Trinajstić information content (AvgIpc) is 3.15. The van der Waals surface area contributed by atoms with Crippen molar-refractivity contribution in [3.63, 3.8) is 0 Å². The van der Waals surface area contributed by atoms with Gasteiger partial charge in [-0.05, 0) is 36.6 Å². The first-order valence-corrected chi connectivity index (χ1v) is 5.90. The summed E-state index contributed by atoms with van der Waals surface area (Å²) in [4.78, 5) is 14.5. The molecule has 0 spiro atoms. The number of aliphatic imine (C=N–C) groups is 1. The molecule has 2 N–H and O–H groups in total. The highest BCUT2D eigenvalue weighted by atomic mass is 35.5. The molecule has 1 aromatic rings. The highest BCUT2D eigenvalue weighted by Gasteiger charge is 2.25. The van der Waals surface area contributed by atoms with E-state index in [0.29, 0.717) is 5.92 Å². The number of benzene rings is 1. The molecule has 0 saturated heterocycles. The molecule has 0 aromatic heterocycles. The molecule has 0 heterocycles. The Labute approximate surface area is 109 Å². The summed E-state index contributed by atoms with van der Waals surface area (Å²) in [6, 6.07) is 4.48. The van der Waals surface area contributed by atoms with E-state index in [1.807, 2.05) is 0 Å². The predicted octanol–water partition coefficient (Wildman–Crippen LogP) is 3.20. The third-order valence-electron chi connectivity index (χ3n) is 2.75. The first-order chi connectivity index (χ1) is 8.63. The molecule has 1 aliphatic rings. The van der Waals surface area contributed by atoms with Gasteiger partial charge in [0.15, 0.2) is 5.69 Å². The van der Waals surface area contributed by atoms with Gasteiger partial charge in [-0.3, -0.25) is 10.1 Å². The van der Waals surface area contributed by atoms with Crippen LogP contribution in [0.2, 0.25) is 5.02 Å². The van der Waals surface area contributed by atoms with Crippen LogP contribution in [0.1, 0.15) is 12.8 Å². The van der Waals surface area contributed by atoms with Crippen LogP contribution in [-0.4, -0.2) is 11.1 Å². The topological polar surface area (TPSA) is 81.5 Å². The fraction of sp³-hybridized carbons (Fsp3) is 0.250. The van der Waals surface area contributed by atoms with Gasteiger partial charge in [-0.1, -0.05) is 17.7 Å². The highest BCUT2D eigenvalue weighted by molar-refractivity contribution is 6.33. The number of allylic oxidation sites excluding steroid dienone is 1. The fourth-order valence-electron chi connectivity index (χ4n) is 1.62. The normalized spacial score (nSPS) is 16.2. The Balaban J connectivity index is 2.33. The number of hydrogen-bond donors (Lipinski definition) is 1. The number of halogens is 1. The number of hydrogen-bond acceptors (Lipinski definition) is 4. The Morgan fingerprint density at radius 3 is 2.83 bits per heavy atom. The Hall–Kier alpha value is -1.88. The SMILES string of the molecule is N/C=C(\C=Nc1c(Cl)cccc1[N+](=O)[O-])C1CC1. The molecule has 0 aliphatic heterocycles. The van der Waals surface area contributed by atoms with Crippen LogP contribution in [0, 0.1) is 16.0 Å². The first kappa shape index (κ1) is 12.6. The molecule has 94 valence electrons. The summed E-state index contributed by atoms with van der Waals surface area (Å²) in [6.07, 6.45) is 5.22. The Bertz CT molecular complexity index is 536. The second-order valence-electron chi connectivity index (χ2n) is 4.06. The van der Waals surface area contributed by atoms with Gasteiger partial charge in [-0.2, -0.15) is 0 Å². The van der Waals surface area contributed by atoms with Crippen LogP contribution >= 0.6 is 11.6 Å². The molecular weight excluding hydrogens is 254 g/mol. The molecular formula is C12H12ClN3O2. The third-order valence-corrected chi connectivity index (χ3v) is 3.05. The number of para-hydroxylation sites is 1. The Morgan fingerprint density at radius 2 is 2.28 bits per heavy atom. The van der Waals surface area contributed by atoms with Crippen LogP contribution in [0.25, 0.3) is 0 Å². The molecule has 0 amide bonds. The van der Waals surface area contributed by atoms with Crippen molar-refractivity contribution in [1.82, 2.24) is 0 Å². The predicted molar refractivity (Wildman–Crippen MR) is 71.3 cm³/mol. The van der Waals surface area contributed by atoms with Crippen molar-refractivity contribution in [3.8, 4) is 0 Å². The number of nitro benzene ring substituents is 1. The van der Waals surface area contributed by atoms with E-state index in [4.69, 9.17) is 17.3 Å². The van der Waals surface area contributed by atoms with Gasteiger partial charge in [-0.15, -0.1) is 0 Å². The molecule has 1 aliphatic carbocycles. The van der Waals surface area contributed by atoms with Crippen LogP contribution in [-0.2, 0) is 0 Å². The molecule has 1 fully saturated rings. The molecule has 5 nitrogen and oxygen atoms in total. The minimum Gasteiger partial charge on any atom is -0.404 e. The first-order valence-electron chi connectivity index (χ1n) is 5.52. The van der Waals surface area contributed by atoms with Crippen LogP contribution in [0.15, 0.2) is 35.0 Å². The summed E-state index contributed by atoms with van der Waals surface area (Å²) in [5.41, 5.74) is 6.45. The molecule has 1 aromatic carbocycles. The molecule has 0 bridgehead atoms. The Morgan fingerprint density at radius 1 is 1.56 bits per heavy atom. The molecule has 6 heteroatoms. The van der Waals surface area contributed by atoms with E-state index in [9.17, 15) is 10.1 Å². The summed E-state index contributed by atoms with van der Waals surface area (Å²) < 4.78 is 0. The number of nitro groups is 1. The zero-order valence-electron chi connectivity index (χ0n) is 9.54. The van der Waals surface area contributed by atoms with Crippen molar-refractivity contribution >= 4 is 29.2 Å². The van der Waals surface area contributed by atoms with Crippen molar-refractivity contribution < 1.29 is 4.92 Å². The molecule has 0 atom stereocenters. The maximum absolute atomic E-state index is 10.9. The molecule has 0 unspecified atom stereocenters. The van der Waals surface area contributed by atoms with Crippen LogP contribution in [0.5, 0.6) is 0 Å². The van der Waals surface area contributed by atoms with Crippen molar-refractivity contribution in [2.75, 3.05) is 0 Å². The van der Waals surface area contributed by atoms with Crippen LogP contribution in [0.4, 0.5) is 11.4 Å². The molecule has 18 heavy (non-hydrogen) atoms. The molecule has 1 saturated carbocycles. The third kappa shape index (κ3) is 2.68. The average molecular weight is 266 g/mol. The lowest BCUT2D eigenvalue weighted by Gasteiger charge is -2.00. The summed E-state index contributed by atoms with van der Waals surface area (Å²) in [7, 11) is 0. The van der Waals surface area contributed by atoms with E-state index in [-0.39, 0.29) is 16.4 Å². The van der Waals surface area contributed by atoms with E-state index in [2.05, 4.69) is 4.99 Å². The summed E-state index contributed by atoms with van der Waals surface area (Å²) in [5, 5.41) is 11.1. The van der Waals surface area contributed by atoms with Crippen molar-refractivity contribution in [1.29, 1.82) is 0 Å². The molecule has 0 radical (unpaired) electrons. The van der Waals surface area contributed by atoms with Gasteiger partial charge in [0.1, 0.15) is 0 Å². The van der Waals surface area contributed by atoms with E-state index in [0.717, 1.165) is 18.4 Å². The maximum Gasteiger partial charge on any atom is 0.296 e. The van der Waals surface area contributed by atoms with E-state index >= 15 is 0 Å². The quantitative estimate of drug-likeness (QED) is 0.515. The monoisotopic (exact) mass is 265 g/mol. The van der Waals surface area contributed by atoms with Gasteiger partial charge in [0.25, 0.3) is 5.69 Å². The van der Waals surface area contributed by atoms with E-state index in [1.54, 1.807) is 12.3 Å². The summed E-state index contributed by atoms with van der Waals surface area (Å²) >= 11 is 5.93. The summed E-state index contributed by atoms with van der Waals surface area (Å²) in [5.74, 6) is 0.431. The maximum atomic E-state index is 10.9. The van der Waals surface area contributed by atoms with Gasteiger partial charge in [-0.25, -0.2) is 4.99 Å². The van der Waals surface area contributed by atoms with Gasteiger partial charge in [0.2, 0.25) is 0 Å². The smallest absolute Gasteiger partial charge is 0.296 e. The lowest BCUT2D eigenvalue weighted by Crippen LogP contribution is -1.94. The van der Waals surface area contributed by atoms with Gasteiger partial charge >= 0.3 is 0 Å². The van der Waals surface area contributed by atoms with Gasteiger partial charge < -0.3 is 5.73 Å². The standard InChI is InChI=1S/C12H12ClN3O2/c13-10-2-1-3-11(16(17)18)12(10)15-7-9(6-14)8-4-5-8/h1-3,6-8H,4-5,14H2/b9-6+,15-7?. The second-order valence-corrected chi connectivity index (χ2v) is 4.47. The minimum atomic E-state index is -0.499. The summed E-state index contributed by atoms with van der Waals surface area (Å²) in [6.45, 7) is 0. The van der Waals surface area contributed by atoms with Crippen molar-refractivity contribution in [2.45, 2.75) is 12.8 Å². The Kier molecular flexibility index (Phi) is 3.62. The van der Waals surface area contributed by atoms with Gasteiger partial charge in [0, 0.05) is 12.3 Å². The zero-order valence-corrected chi connectivity index (χ0v) is 10.3. The fourth-order valence-corrected chi connectivity index (χ4v) is 1.84. The lowest BCUT2D eigenvalue weighted by atomic mass is 10.2. The van der Waals surface area contributed by atoms with Gasteiger partial charge in [0.05, 0.1) is 9.95 Å². The number of nitrogens with zero attached hydrogens (tertiary/aromatic N) is 2. The van der Waals surface area contributed by atoms with Crippen molar-refractivity contribution in [3.05, 3.63) is 45.1 Å². The number of rotatable bonds is 4. The minimum absolute atomic E-state index is 0.106. The van der Waals surface area contributed by atoms with E-state index < -0.39 is 4.92 Å². The zero-order chi connectivity index (χ0) is 13.1. The van der Waals surface area contributed by atoms with E-state index in [1.165, 1.54) is 18.3 Å².